The van der Waals surface area contributed by atoms with E-state index in [0.717, 1.165) is 5.56 Å². The molecule has 134 valence electrons. The average molecular weight is 384 g/mol. The summed E-state index contributed by atoms with van der Waals surface area (Å²) in [7, 11) is -0.880. The number of aryl methyl sites for hydroxylation is 1. The fourth-order valence-corrected chi connectivity index (χ4v) is 3.52. The Bertz CT molecular complexity index is 879. The minimum Gasteiger partial charge on any atom is -0.495 e. The van der Waals surface area contributed by atoms with Crippen LogP contribution in [0.4, 0.5) is 5.69 Å². The highest BCUT2D eigenvalue weighted by molar-refractivity contribution is 7.92. The molecule has 0 aromatic heterocycles. The second-order valence-electron chi connectivity index (χ2n) is 5.31. The van der Waals surface area contributed by atoms with Gasteiger partial charge in [0.1, 0.15) is 17.3 Å². The quantitative estimate of drug-likeness (QED) is 0.828. The number of amides is 1. The molecule has 0 aliphatic rings. The first-order chi connectivity index (χ1) is 11.8. The van der Waals surface area contributed by atoms with Gasteiger partial charge in [-0.1, -0.05) is 29.3 Å². The fourth-order valence-electron chi connectivity index (χ4n) is 2.15. The molecular weight excluding hydrogens is 366 g/mol. The summed E-state index contributed by atoms with van der Waals surface area (Å²) in [5, 5.41) is 2.77. The number of rotatable bonds is 6. The zero-order valence-corrected chi connectivity index (χ0v) is 15.6. The molecule has 0 heterocycles. The number of carbonyl (C=O) groups is 1. The minimum absolute atomic E-state index is 0.0907. The van der Waals surface area contributed by atoms with Gasteiger partial charge in [0.2, 0.25) is 5.91 Å². The van der Waals surface area contributed by atoms with E-state index in [0.29, 0.717) is 11.5 Å². The van der Waals surface area contributed by atoms with Crippen molar-refractivity contribution >= 4 is 33.0 Å². The van der Waals surface area contributed by atoms with Crippen LogP contribution in [0.15, 0.2) is 41.3 Å². The summed E-state index contributed by atoms with van der Waals surface area (Å²) in [5.74, 6) is -0.700. The number of methoxy groups -OCH3 is 2. The molecule has 0 atom stereocenters. The lowest BCUT2D eigenvalue weighted by molar-refractivity contribution is -0.113. The van der Waals surface area contributed by atoms with Crippen LogP contribution >= 0.6 is 11.6 Å². The molecule has 2 rings (SSSR count). The largest absolute Gasteiger partial charge is 0.495 e. The van der Waals surface area contributed by atoms with E-state index in [1.165, 1.54) is 38.5 Å². The van der Waals surface area contributed by atoms with E-state index in [-0.39, 0.29) is 15.6 Å². The Morgan fingerprint density at radius 3 is 2.24 bits per heavy atom. The molecule has 25 heavy (non-hydrogen) atoms. The Balaban J connectivity index is 2.20. The molecule has 2 aromatic carbocycles. The van der Waals surface area contributed by atoms with Crippen molar-refractivity contribution in [1.82, 2.24) is 0 Å². The van der Waals surface area contributed by atoms with Crippen molar-refractivity contribution in [2.45, 2.75) is 11.8 Å². The van der Waals surface area contributed by atoms with Gasteiger partial charge in [-0.15, -0.1) is 0 Å². The minimum atomic E-state index is -3.75. The predicted octanol–water partition coefficient (Wildman–Crippen LogP) is 3.08. The third kappa shape index (κ3) is 4.64. The highest BCUT2D eigenvalue weighted by Crippen LogP contribution is 2.35. The predicted molar refractivity (Wildman–Crippen MR) is 96.4 cm³/mol. The van der Waals surface area contributed by atoms with Gasteiger partial charge in [-0.3, -0.25) is 4.79 Å². The van der Waals surface area contributed by atoms with E-state index in [1.54, 1.807) is 12.1 Å². The van der Waals surface area contributed by atoms with Crippen LogP contribution < -0.4 is 14.8 Å². The lowest BCUT2D eigenvalue weighted by atomic mass is 10.2. The molecule has 0 fully saturated rings. The molecule has 0 bridgehead atoms. The van der Waals surface area contributed by atoms with Crippen LogP contribution in [-0.2, 0) is 14.6 Å². The molecule has 0 saturated heterocycles. The lowest BCUT2D eigenvalue weighted by Gasteiger charge is -2.13. The van der Waals surface area contributed by atoms with Crippen LogP contribution in [0.5, 0.6) is 11.5 Å². The second-order valence-corrected chi connectivity index (χ2v) is 7.70. The molecule has 0 unspecified atom stereocenters. The second kappa shape index (κ2) is 7.76. The maximum atomic E-state index is 12.3. The highest BCUT2D eigenvalue weighted by Gasteiger charge is 2.21. The number of nitrogens with one attached hydrogen (secondary N) is 1. The summed E-state index contributed by atoms with van der Waals surface area (Å²) in [6.45, 7) is 1.85. The SMILES string of the molecule is COc1cc(OC)c(NC(=O)CS(=O)(=O)c2ccc(C)cc2)cc1Cl. The molecule has 0 saturated carbocycles. The van der Waals surface area contributed by atoms with Crippen molar-refractivity contribution < 1.29 is 22.7 Å². The van der Waals surface area contributed by atoms with Gasteiger partial charge < -0.3 is 14.8 Å². The first kappa shape index (κ1) is 19.1. The van der Waals surface area contributed by atoms with Crippen molar-refractivity contribution in [2.24, 2.45) is 0 Å². The Hall–Kier alpha value is -2.25. The Kier molecular flexibility index (Phi) is 5.92. The average Bonchev–Trinajstić information content (AvgIpc) is 2.55. The molecule has 0 aliphatic heterocycles. The van der Waals surface area contributed by atoms with Crippen molar-refractivity contribution in [3.8, 4) is 11.5 Å². The summed E-state index contributed by atoms with van der Waals surface area (Å²) in [6, 6.07) is 9.25. The Morgan fingerprint density at radius 2 is 1.68 bits per heavy atom. The molecule has 0 aliphatic carbocycles. The molecule has 0 spiro atoms. The van der Waals surface area contributed by atoms with Crippen LogP contribution in [0, 0.1) is 6.92 Å². The summed E-state index contributed by atoms with van der Waals surface area (Å²) < 4.78 is 34.9. The first-order valence-electron chi connectivity index (χ1n) is 7.27. The lowest BCUT2D eigenvalue weighted by Crippen LogP contribution is -2.23. The third-order valence-electron chi connectivity index (χ3n) is 3.45. The normalized spacial score (nSPS) is 11.0. The summed E-state index contributed by atoms with van der Waals surface area (Å²) >= 11 is 6.04. The fraction of sp³-hybridized carbons (Fsp3) is 0.235. The summed E-state index contributed by atoms with van der Waals surface area (Å²) in [5.41, 5.74) is 1.19. The molecular formula is C17H18ClNO5S. The monoisotopic (exact) mass is 383 g/mol. The van der Waals surface area contributed by atoms with E-state index in [2.05, 4.69) is 5.32 Å². The van der Waals surface area contributed by atoms with Crippen molar-refractivity contribution in [1.29, 1.82) is 0 Å². The van der Waals surface area contributed by atoms with Crippen molar-refractivity contribution in [3.63, 3.8) is 0 Å². The summed E-state index contributed by atoms with van der Waals surface area (Å²) in [6.07, 6.45) is 0. The van der Waals surface area contributed by atoms with Crippen LogP contribution in [0.3, 0.4) is 0 Å². The zero-order chi connectivity index (χ0) is 18.6. The van der Waals surface area contributed by atoms with Gasteiger partial charge in [-0.05, 0) is 25.1 Å². The van der Waals surface area contributed by atoms with E-state index < -0.39 is 21.5 Å². The molecule has 1 N–H and O–H groups in total. The van der Waals surface area contributed by atoms with Crippen LogP contribution in [0.25, 0.3) is 0 Å². The van der Waals surface area contributed by atoms with Crippen LogP contribution in [0.2, 0.25) is 5.02 Å². The van der Waals surface area contributed by atoms with Gasteiger partial charge >= 0.3 is 0 Å². The molecule has 2 aromatic rings. The zero-order valence-electron chi connectivity index (χ0n) is 14.0. The van der Waals surface area contributed by atoms with Gasteiger partial charge in [0.15, 0.2) is 9.84 Å². The van der Waals surface area contributed by atoms with Gasteiger partial charge in [-0.25, -0.2) is 8.42 Å². The van der Waals surface area contributed by atoms with Gasteiger partial charge in [0, 0.05) is 6.07 Å². The molecule has 1 amide bonds. The van der Waals surface area contributed by atoms with Gasteiger partial charge in [0.25, 0.3) is 0 Å². The summed E-state index contributed by atoms with van der Waals surface area (Å²) in [4.78, 5) is 12.3. The first-order valence-corrected chi connectivity index (χ1v) is 9.30. The standard InChI is InChI=1S/C17H18ClNO5S/c1-11-4-6-12(7-5-11)25(21,22)10-17(20)19-14-8-13(18)15(23-2)9-16(14)24-3/h4-9H,10H2,1-3H3,(H,19,20). The number of halogens is 1. The molecule has 6 nitrogen and oxygen atoms in total. The third-order valence-corrected chi connectivity index (χ3v) is 5.38. The number of benzene rings is 2. The Morgan fingerprint density at radius 1 is 1.08 bits per heavy atom. The smallest absolute Gasteiger partial charge is 0.240 e. The number of carbonyl (C=O) groups excluding carboxylic acids is 1. The maximum absolute atomic E-state index is 12.3. The number of hydrogen-bond donors (Lipinski definition) is 1. The Labute approximate surface area is 151 Å². The van der Waals surface area contributed by atoms with E-state index in [9.17, 15) is 13.2 Å². The number of hydrogen-bond acceptors (Lipinski definition) is 5. The van der Waals surface area contributed by atoms with E-state index >= 15 is 0 Å². The highest BCUT2D eigenvalue weighted by atomic mass is 35.5. The van der Waals surface area contributed by atoms with Crippen molar-refractivity contribution in [3.05, 3.63) is 47.0 Å². The number of ether oxygens (including phenoxy) is 2. The van der Waals surface area contributed by atoms with Crippen molar-refractivity contribution in [2.75, 3.05) is 25.3 Å². The van der Waals surface area contributed by atoms with Crippen LogP contribution in [0.1, 0.15) is 5.56 Å². The van der Waals surface area contributed by atoms with Gasteiger partial charge in [0.05, 0.1) is 29.8 Å². The van der Waals surface area contributed by atoms with E-state index in [1.807, 2.05) is 6.92 Å². The molecule has 8 heteroatoms. The molecule has 0 radical (unpaired) electrons. The topological polar surface area (TPSA) is 81.7 Å². The van der Waals surface area contributed by atoms with Crippen LogP contribution in [-0.4, -0.2) is 34.3 Å². The van der Waals surface area contributed by atoms with E-state index in [4.69, 9.17) is 21.1 Å². The number of sulfone groups is 1. The van der Waals surface area contributed by atoms with Gasteiger partial charge in [-0.2, -0.15) is 0 Å². The number of anilines is 1. The maximum Gasteiger partial charge on any atom is 0.240 e.